The molecule has 4 N–H and O–H groups in total. The van der Waals surface area contributed by atoms with Crippen LogP contribution in [0.25, 0.3) is 22.7 Å². The third-order valence-corrected chi connectivity index (χ3v) is 5.28. The van der Waals surface area contributed by atoms with E-state index in [0.717, 1.165) is 11.3 Å². The van der Waals surface area contributed by atoms with Crippen LogP contribution in [-0.2, 0) is 16.6 Å². The summed E-state index contributed by atoms with van der Waals surface area (Å²) < 4.78 is 5.46. The lowest BCUT2D eigenvalue weighted by Gasteiger charge is -2.11. The minimum absolute atomic E-state index is 0.0653. The molecule has 4 aromatic rings. The van der Waals surface area contributed by atoms with Gasteiger partial charge < -0.3 is 15.2 Å². The summed E-state index contributed by atoms with van der Waals surface area (Å²) >= 11 is 0. The van der Waals surface area contributed by atoms with Crippen LogP contribution >= 0.6 is 0 Å². The first kappa shape index (κ1) is 20.7. The van der Waals surface area contributed by atoms with Gasteiger partial charge in [-0.2, -0.15) is 0 Å². The van der Waals surface area contributed by atoms with Crippen LogP contribution in [-0.4, -0.2) is 41.9 Å². The highest BCUT2D eigenvalue weighted by Gasteiger charge is 2.28. The minimum atomic E-state index is -0.494. The molecule has 0 saturated carbocycles. The first-order valence-electron chi connectivity index (χ1n) is 10.4. The summed E-state index contributed by atoms with van der Waals surface area (Å²) in [6.45, 7) is 7.91. The maximum atomic E-state index is 12.8. The molecule has 0 saturated heterocycles. The highest BCUT2D eigenvalue weighted by Crippen LogP contribution is 2.25. The predicted molar refractivity (Wildman–Crippen MR) is 115 cm³/mol. The number of amides is 2. The van der Waals surface area contributed by atoms with Crippen molar-refractivity contribution >= 4 is 28.8 Å². The molecule has 5 rings (SSSR count). The molecule has 5 heterocycles. The summed E-state index contributed by atoms with van der Waals surface area (Å²) in [4.78, 5) is 47.9. The van der Waals surface area contributed by atoms with E-state index in [-0.39, 0.29) is 23.4 Å². The van der Waals surface area contributed by atoms with Gasteiger partial charge in [-0.15, -0.1) is 0 Å². The second-order valence-corrected chi connectivity index (χ2v) is 8.91. The van der Waals surface area contributed by atoms with Gasteiger partial charge in [-0.3, -0.25) is 14.6 Å². The monoisotopic (exact) mass is 448 g/mol. The number of nitrogens with one attached hydrogen (secondary N) is 4. The van der Waals surface area contributed by atoms with Gasteiger partial charge in [0.15, 0.2) is 17.0 Å². The Balaban J connectivity index is 1.35. The Kier molecular flexibility index (Phi) is 4.65. The van der Waals surface area contributed by atoms with Crippen LogP contribution < -0.4 is 15.6 Å². The highest BCUT2D eigenvalue weighted by molar-refractivity contribution is 6.03. The molecule has 0 unspecified atom stereocenters. The summed E-state index contributed by atoms with van der Waals surface area (Å²) in [6.07, 6.45) is 3.04. The topological polar surface area (TPSA) is 166 Å². The molecule has 33 heavy (non-hydrogen) atoms. The molecule has 0 spiro atoms. The first-order valence-corrected chi connectivity index (χ1v) is 10.4. The van der Waals surface area contributed by atoms with Crippen molar-refractivity contribution in [2.45, 2.75) is 45.6 Å². The molecule has 0 aliphatic carbocycles. The number of imidazole rings is 1. The van der Waals surface area contributed by atoms with E-state index >= 15 is 0 Å². The first-order chi connectivity index (χ1) is 15.7. The third kappa shape index (κ3) is 3.79. The number of rotatable bonds is 4. The van der Waals surface area contributed by atoms with Gasteiger partial charge in [0.2, 0.25) is 11.7 Å². The molecule has 12 heteroatoms. The second kappa shape index (κ2) is 7.43. The lowest BCUT2D eigenvalue weighted by atomic mass is 9.96. The molecule has 1 aliphatic rings. The van der Waals surface area contributed by atoms with Gasteiger partial charge in [0, 0.05) is 17.0 Å². The molecule has 0 radical (unpaired) electrons. The second-order valence-electron chi connectivity index (χ2n) is 8.91. The van der Waals surface area contributed by atoms with Crippen molar-refractivity contribution in [3.05, 3.63) is 41.4 Å². The maximum absolute atomic E-state index is 12.8. The number of carbonyl (C=O) groups is 2. The zero-order chi connectivity index (χ0) is 23.3. The summed E-state index contributed by atoms with van der Waals surface area (Å²) in [5.41, 5.74) is 2.39. The van der Waals surface area contributed by atoms with Crippen LogP contribution in [0.4, 0.5) is 5.82 Å². The fourth-order valence-electron chi connectivity index (χ4n) is 3.51. The standard InChI is InChI=1S/C21H21N9O3/c1-9(25-19(32)15-10-5-14(31)27-16(10)24-8-23-15)13-6-11(30-33-13)17-26-12-7-22-20(21(2,3)4)29-18(12)28-17/h6-9H,5H2,1-4H3,(H,25,32)(H,22,26,28,29)(H,23,24,27,31)/p+1/t9-/m1/s1. The molecular formula is C21H22N9O3+. The Bertz CT molecular complexity index is 1400. The van der Waals surface area contributed by atoms with E-state index in [1.54, 1.807) is 19.2 Å². The molecule has 168 valence electrons. The van der Waals surface area contributed by atoms with Crippen molar-refractivity contribution in [1.29, 1.82) is 0 Å². The number of carbonyl (C=O) groups excluding carboxylic acids is 2. The molecule has 0 bridgehead atoms. The fourth-order valence-corrected chi connectivity index (χ4v) is 3.51. The van der Waals surface area contributed by atoms with Crippen molar-refractivity contribution in [2.75, 3.05) is 5.32 Å². The van der Waals surface area contributed by atoms with Crippen molar-refractivity contribution in [3.8, 4) is 11.5 Å². The van der Waals surface area contributed by atoms with E-state index in [4.69, 9.17) is 4.52 Å². The number of hydrogen-bond donors (Lipinski definition) is 3. The number of aromatic nitrogens is 7. The molecule has 0 fully saturated rings. The Morgan fingerprint density at radius 2 is 2.09 bits per heavy atom. The van der Waals surface area contributed by atoms with Crippen LogP contribution in [0.2, 0.25) is 0 Å². The highest BCUT2D eigenvalue weighted by atomic mass is 16.5. The quantitative estimate of drug-likeness (QED) is 0.422. The minimum Gasteiger partial charge on any atom is -0.358 e. The number of aromatic amines is 2. The number of hydrogen-bond acceptors (Lipinski definition) is 8. The normalized spacial score (nSPS) is 14.2. The Morgan fingerprint density at radius 3 is 2.88 bits per heavy atom. The van der Waals surface area contributed by atoms with E-state index in [2.05, 4.69) is 45.7 Å². The van der Waals surface area contributed by atoms with E-state index in [9.17, 15) is 9.59 Å². The summed E-state index contributed by atoms with van der Waals surface area (Å²) in [5.74, 6) is 1.49. The van der Waals surface area contributed by atoms with Crippen LogP contribution in [0.5, 0.6) is 0 Å². The van der Waals surface area contributed by atoms with Gasteiger partial charge in [0.25, 0.3) is 11.7 Å². The molecule has 1 atom stereocenters. The largest absolute Gasteiger partial charge is 0.358 e. The SMILES string of the molecule is C[C@@H](NC(=O)c1ncnc2c1CC(=O)N2)c1cc(-c2[nH]c3cnc(C(C)(C)C)nc3[nH+]2)no1. The number of fused-ring (bicyclic) bond motifs is 2. The van der Waals surface area contributed by atoms with Crippen LogP contribution in [0.15, 0.2) is 23.1 Å². The van der Waals surface area contributed by atoms with Crippen molar-refractivity contribution in [2.24, 2.45) is 0 Å². The number of H-pyrrole nitrogens is 2. The lowest BCUT2D eigenvalue weighted by Crippen LogP contribution is -2.28. The molecule has 12 nitrogen and oxygen atoms in total. The maximum Gasteiger partial charge on any atom is 0.303 e. The average molecular weight is 448 g/mol. The van der Waals surface area contributed by atoms with E-state index < -0.39 is 11.9 Å². The fraction of sp³-hybridized carbons (Fsp3) is 0.333. The van der Waals surface area contributed by atoms with Gasteiger partial charge in [0.05, 0.1) is 18.7 Å². The number of anilines is 1. The van der Waals surface area contributed by atoms with Crippen molar-refractivity contribution in [3.63, 3.8) is 0 Å². The van der Waals surface area contributed by atoms with Gasteiger partial charge in [-0.05, 0) is 6.92 Å². The zero-order valence-corrected chi connectivity index (χ0v) is 18.5. The van der Waals surface area contributed by atoms with Gasteiger partial charge in [-0.25, -0.2) is 19.9 Å². The zero-order valence-electron chi connectivity index (χ0n) is 18.5. The van der Waals surface area contributed by atoms with E-state index in [1.807, 2.05) is 20.8 Å². The Hall–Kier alpha value is -4.22. The van der Waals surface area contributed by atoms with E-state index in [0.29, 0.717) is 34.3 Å². The van der Waals surface area contributed by atoms with Crippen LogP contribution in [0.1, 0.15) is 61.4 Å². The van der Waals surface area contributed by atoms with Crippen LogP contribution in [0.3, 0.4) is 0 Å². The Labute approximate surface area is 187 Å². The average Bonchev–Trinajstić information content (AvgIpc) is 3.48. The summed E-state index contributed by atoms with van der Waals surface area (Å²) in [7, 11) is 0. The molecule has 2 amide bonds. The van der Waals surface area contributed by atoms with Crippen molar-refractivity contribution in [1.82, 2.24) is 35.4 Å². The molecule has 4 aromatic heterocycles. The molecule has 1 aliphatic heterocycles. The predicted octanol–water partition coefficient (Wildman–Crippen LogP) is 1.50. The molecular weight excluding hydrogens is 426 g/mol. The summed E-state index contributed by atoms with van der Waals surface area (Å²) in [5, 5.41) is 9.54. The van der Waals surface area contributed by atoms with Gasteiger partial charge in [-0.1, -0.05) is 30.9 Å². The summed E-state index contributed by atoms with van der Waals surface area (Å²) in [6, 6.07) is 1.23. The van der Waals surface area contributed by atoms with Gasteiger partial charge >= 0.3 is 5.65 Å². The number of nitrogens with zero attached hydrogens (tertiary/aromatic N) is 5. The van der Waals surface area contributed by atoms with Crippen molar-refractivity contribution < 1.29 is 19.1 Å². The Morgan fingerprint density at radius 1 is 1.27 bits per heavy atom. The van der Waals surface area contributed by atoms with Gasteiger partial charge in [0.1, 0.15) is 17.8 Å². The third-order valence-electron chi connectivity index (χ3n) is 5.28. The van der Waals surface area contributed by atoms with E-state index in [1.165, 1.54) is 6.33 Å². The van der Waals surface area contributed by atoms with Crippen LogP contribution in [0, 0.1) is 0 Å². The molecule has 0 aromatic carbocycles. The lowest BCUT2D eigenvalue weighted by molar-refractivity contribution is -0.334. The smallest absolute Gasteiger partial charge is 0.303 e.